The zero-order chi connectivity index (χ0) is 41.3. The Bertz CT molecular complexity index is 2450. The number of aromatic amines is 1. The fourth-order valence-electron chi connectivity index (χ4n) is 8.04. The SMILES string of the molecule is CC(C)(C)OC(=O)c1cc(C2CC2)cnc1Cc1cccc2[nH]ccc12.CC(C)(C)OC(=O)c1cc(C2CC2)cnc1Cc1cccc2c1ccn2CC1CCCCO1. The molecule has 2 aliphatic carbocycles. The number of rotatable bonds is 10. The molecule has 308 valence electrons. The number of benzene rings is 2. The summed E-state index contributed by atoms with van der Waals surface area (Å²) in [5.41, 5.74) is 8.61. The van der Waals surface area contributed by atoms with Gasteiger partial charge in [-0.1, -0.05) is 24.3 Å². The van der Waals surface area contributed by atoms with E-state index < -0.39 is 11.2 Å². The Balaban J connectivity index is 0.000000169. The van der Waals surface area contributed by atoms with Gasteiger partial charge >= 0.3 is 11.9 Å². The second-order valence-corrected chi connectivity index (χ2v) is 18.6. The van der Waals surface area contributed by atoms with Crippen LogP contribution >= 0.6 is 0 Å². The number of esters is 2. The third kappa shape index (κ3) is 10.1. The molecule has 9 heteroatoms. The Morgan fingerprint density at radius 1 is 0.729 bits per heavy atom. The lowest BCUT2D eigenvalue weighted by atomic mass is 10.00. The topological polar surface area (TPSA) is 108 Å². The van der Waals surface area contributed by atoms with Gasteiger partial charge < -0.3 is 23.8 Å². The lowest BCUT2D eigenvalue weighted by Crippen LogP contribution is -2.25. The van der Waals surface area contributed by atoms with Crippen molar-refractivity contribution in [3.63, 3.8) is 0 Å². The predicted octanol–water partition coefficient (Wildman–Crippen LogP) is 11.0. The molecule has 2 saturated carbocycles. The number of H-pyrrole nitrogens is 1. The summed E-state index contributed by atoms with van der Waals surface area (Å²) in [6.07, 6.45) is 17.7. The molecule has 1 atom stereocenters. The summed E-state index contributed by atoms with van der Waals surface area (Å²) in [6, 6.07) is 20.8. The van der Waals surface area contributed by atoms with E-state index in [9.17, 15) is 9.59 Å². The monoisotopic (exact) mass is 794 g/mol. The molecule has 1 N–H and O–H groups in total. The fourth-order valence-corrected chi connectivity index (χ4v) is 8.04. The molecule has 1 unspecified atom stereocenters. The third-order valence-electron chi connectivity index (χ3n) is 11.3. The molecule has 5 heterocycles. The maximum absolute atomic E-state index is 13.1. The van der Waals surface area contributed by atoms with Gasteiger partial charge in [0.1, 0.15) is 11.2 Å². The summed E-state index contributed by atoms with van der Waals surface area (Å²) < 4.78 is 19.6. The number of aromatic nitrogens is 4. The fraction of sp³-hybridized carbons (Fsp3) is 0.440. The number of hydrogen-bond donors (Lipinski definition) is 1. The van der Waals surface area contributed by atoms with Crippen LogP contribution in [0.3, 0.4) is 0 Å². The van der Waals surface area contributed by atoms with E-state index in [4.69, 9.17) is 19.2 Å². The molecule has 2 aromatic carbocycles. The van der Waals surface area contributed by atoms with Crippen LogP contribution in [0.15, 0.2) is 85.5 Å². The molecule has 1 saturated heterocycles. The Morgan fingerprint density at radius 2 is 1.31 bits per heavy atom. The van der Waals surface area contributed by atoms with Crippen molar-refractivity contribution in [1.29, 1.82) is 0 Å². The van der Waals surface area contributed by atoms with Crippen molar-refractivity contribution in [2.24, 2.45) is 0 Å². The first-order valence-corrected chi connectivity index (χ1v) is 21.5. The van der Waals surface area contributed by atoms with Gasteiger partial charge in [-0.15, -0.1) is 0 Å². The van der Waals surface area contributed by atoms with E-state index in [2.05, 4.69) is 63.2 Å². The van der Waals surface area contributed by atoms with Gasteiger partial charge in [0.25, 0.3) is 0 Å². The number of carbonyl (C=O) groups is 2. The smallest absolute Gasteiger partial charge is 0.340 e. The summed E-state index contributed by atoms with van der Waals surface area (Å²) in [6.45, 7) is 13.1. The van der Waals surface area contributed by atoms with Gasteiger partial charge in [-0.3, -0.25) is 9.97 Å². The van der Waals surface area contributed by atoms with Crippen molar-refractivity contribution in [3.05, 3.63) is 130 Å². The highest BCUT2D eigenvalue weighted by atomic mass is 16.6. The normalized spacial score (nSPS) is 17.1. The van der Waals surface area contributed by atoms with Crippen LogP contribution in [0.4, 0.5) is 0 Å². The Morgan fingerprint density at radius 3 is 1.85 bits per heavy atom. The van der Waals surface area contributed by atoms with Crippen LogP contribution in [0, 0.1) is 0 Å². The molecule has 3 fully saturated rings. The van der Waals surface area contributed by atoms with E-state index in [0.717, 1.165) is 58.6 Å². The molecule has 3 aliphatic rings. The van der Waals surface area contributed by atoms with Gasteiger partial charge in [-0.2, -0.15) is 0 Å². The average Bonchev–Trinajstić information content (AvgIpc) is 4.13. The number of pyridine rings is 2. The van der Waals surface area contributed by atoms with Crippen molar-refractivity contribution >= 4 is 33.7 Å². The molecule has 59 heavy (non-hydrogen) atoms. The van der Waals surface area contributed by atoms with Crippen molar-refractivity contribution in [3.8, 4) is 0 Å². The Kier molecular flexibility index (Phi) is 11.5. The van der Waals surface area contributed by atoms with E-state index in [1.807, 2.05) is 78.3 Å². The number of fused-ring (bicyclic) bond motifs is 2. The number of nitrogens with one attached hydrogen (secondary N) is 1. The highest BCUT2D eigenvalue weighted by molar-refractivity contribution is 5.93. The standard InChI is InChI=1S/C28H34N2O3.C22H24N2O2/c1-28(2,3)33-27(31)24-15-21(19-10-11-19)17-29-25(24)16-20-7-6-9-26-23(20)12-13-30(26)18-22-8-4-5-14-32-22;1-22(2,3)26-21(25)18-11-16(14-7-8-14)13-24-20(18)12-15-5-4-6-19-17(15)9-10-23-19/h6-7,9,12-13,15,17,19,22H,4-5,8,10-11,14,16,18H2,1-3H3;4-6,9-11,13-14,23H,7-8,12H2,1-3H3. The second-order valence-electron chi connectivity index (χ2n) is 18.6. The number of carbonyl (C=O) groups excluding carboxylic acids is 2. The van der Waals surface area contributed by atoms with Crippen LogP contribution in [0.5, 0.6) is 0 Å². The largest absolute Gasteiger partial charge is 0.456 e. The van der Waals surface area contributed by atoms with Gasteiger partial charge in [0, 0.05) is 72.6 Å². The molecule has 0 bridgehead atoms. The minimum absolute atomic E-state index is 0.285. The molecular formula is C50H58N4O5. The summed E-state index contributed by atoms with van der Waals surface area (Å²) in [4.78, 5) is 38.6. The molecular weight excluding hydrogens is 737 g/mol. The van der Waals surface area contributed by atoms with E-state index >= 15 is 0 Å². The number of hydrogen-bond acceptors (Lipinski definition) is 7. The molecule has 9 rings (SSSR count). The molecule has 9 nitrogen and oxygen atoms in total. The van der Waals surface area contributed by atoms with Gasteiger partial charge in [0.2, 0.25) is 0 Å². The number of ether oxygens (including phenoxy) is 3. The van der Waals surface area contributed by atoms with Crippen molar-refractivity contribution in [1.82, 2.24) is 19.5 Å². The summed E-state index contributed by atoms with van der Waals surface area (Å²) in [7, 11) is 0. The lowest BCUT2D eigenvalue weighted by molar-refractivity contribution is 0.00551. The van der Waals surface area contributed by atoms with Crippen LogP contribution in [-0.4, -0.2) is 55.4 Å². The summed E-state index contributed by atoms with van der Waals surface area (Å²) >= 11 is 0. The first kappa shape index (κ1) is 40.5. The average molecular weight is 795 g/mol. The van der Waals surface area contributed by atoms with Crippen LogP contribution in [-0.2, 0) is 33.6 Å². The molecule has 0 amide bonds. The highest BCUT2D eigenvalue weighted by Gasteiger charge is 2.29. The summed E-state index contributed by atoms with van der Waals surface area (Å²) in [5, 5.41) is 2.37. The molecule has 1 aliphatic heterocycles. The van der Waals surface area contributed by atoms with Crippen LogP contribution < -0.4 is 0 Å². The zero-order valence-corrected chi connectivity index (χ0v) is 35.5. The van der Waals surface area contributed by atoms with Gasteiger partial charge in [-0.25, -0.2) is 9.59 Å². The van der Waals surface area contributed by atoms with Gasteiger partial charge in [-0.05, 0) is 157 Å². The van der Waals surface area contributed by atoms with Crippen molar-refractivity contribution in [2.45, 2.75) is 135 Å². The van der Waals surface area contributed by atoms with Gasteiger partial charge in [0.05, 0.1) is 28.6 Å². The van der Waals surface area contributed by atoms with Crippen LogP contribution in [0.2, 0.25) is 0 Å². The second kappa shape index (κ2) is 16.8. The Hall–Kier alpha value is -5.28. The molecule has 0 spiro atoms. The zero-order valence-electron chi connectivity index (χ0n) is 35.5. The van der Waals surface area contributed by atoms with E-state index in [1.165, 1.54) is 55.0 Å². The third-order valence-corrected chi connectivity index (χ3v) is 11.3. The lowest BCUT2D eigenvalue weighted by Gasteiger charge is -2.23. The first-order valence-electron chi connectivity index (χ1n) is 21.5. The summed E-state index contributed by atoms with van der Waals surface area (Å²) in [5.74, 6) is 0.508. The van der Waals surface area contributed by atoms with E-state index in [-0.39, 0.29) is 18.0 Å². The first-order chi connectivity index (χ1) is 28.3. The quantitative estimate of drug-likeness (QED) is 0.138. The van der Waals surface area contributed by atoms with Crippen LogP contribution in [0.25, 0.3) is 21.8 Å². The molecule has 6 aromatic rings. The molecule has 4 aromatic heterocycles. The maximum atomic E-state index is 13.1. The minimum Gasteiger partial charge on any atom is -0.456 e. The predicted molar refractivity (Wildman–Crippen MR) is 232 cm³/mol. The van der Waals surface area contributed by atoms with Crippen molar-refractivity contribution in [2.75, 3.05) is 6.61 Å². The van der Waals surface area contributed by atoms with Crippen molar-refractivity contribution < 1.29 is 23.8 Å². The number of nitrogens with zero attached hydrogens (tertiary/aromatic N) is 3. The molecule has 0 radical (unpaired) electrons. The van der Waals surface area contributed by atoms with Gasteiger partial charge in [0.15, 0.2) is 0 Å². The van der Waals surface area contributed by atoms with E-state index in [1.54, 1.807) is 0 Å². The van der Waals surface area contributed by atoms with Crippen LogP contribution in [0.1, 0.15) is 153 Å². The minimum atomic E-state index is -0.539. The van der Waals surface area contributed by atoms with E-state index in [0.29, 0.717) is 35.8 Å². The highest BCUT2D eigenvalue weighted by Crippen LogP contribution is 2.41. The maximum Gasteiger partial charge on any atom is 0.340 e. The Labute approximate surface area is 347 Å².